The van der Waals surface area contributed by atoms with Crippen molar-refractivity contribution < 1.29 is 17.5 Å². The number of non-ortho nitro benzene ring substituents is 1. The fourth-order valence-corrected chi connectivity index (χ4v) is 3.81. The molecule has 3 aromatic rings. The highest BCUT2D eigenvalue weighted by Gasteiger charge is 2.19. The number of rotatable bonds is 6. The summed E-state index contributed by atoms with van der Waals surface area (Å²) < 4.78 is 30.7. The topological polar surface area (TPSA) is 110 Å². The maximum absolute atomic E-state index is 12.7. The normalized spacial score (nSPS) is 11.6. The molecule has 0 saturated carbocycles. The van der Waals surface area contributed by atoms with E-state index < -0.39 is 15.0 Å². The van der Waals surface area contributed by atoms with Crippen LogP contribution in [-0.4, -0.2) is 13.3 Å². The summed E-state index contributed by atoms with van der Waals surface area (Å²) in [5.41, 5.74) is 1.61. The van der Waals surface area contributed by atoms with Crippen molar-refractivity contribution in [3.8, 4) is 11.8 Å². The first-order valence-electron chi connectivity index (χ1n) is 8.87. The third kappa shape index (κ3) is 5.28. The first-order chi connectivity index (χ1) is 14.7. The minimum atomic E-state index is -4.12. The van der Waals surface area contributed by atoms with E-state index in [4.69, 9.17) is 15.8 Å². The maximum atomic E-state index is 12.7. The number of allylic oxidation sites excluding steroid dienone is 1. The summed E-state index contributed by atoms with van der Waals surface area (Å²) in [4.78, 5) is 10.3. The average Bonchev–Trinajstić information content (AvgIpc) is 2.74. The third-order valence-corrected chi connectivity index (χ3v) is 5.77. The molecular weight excluding hydrogens is 440 g/mol. The molecule has 3 aromatic carbocycles. The van der Waals surface area contributed by atoms with Crippen LogP contribution in [0.4, 0.5) is 5.69 Å². The Kier molecular flexibility index (Phi) is 6.39. The first kappa shape index (κ1) is 22.0. The number of hydrogen-bond acceptors (Lipinski definition) is 6. The molecule has 0 spiro atoms. The van der Waals surface area contributed by atoms with E-state index in [1.807, 2.05) is 13.0 Å². The number of nitro benzene ring substituents is 1. The molecule has 0 heterocycles. The van der Waals surface area contributed by atoms with Crippen molar-refractivity contribution in [1.82, 2.24) is 0 Å². The van der Waals surface area contributed by atoms with Gasteiger partial charge in [0.1, 0.15) is 10.6 Å². The maximum Gasteiger partial charge on any atom is 0.339 e. The molecular formula is C22H15ClN2O5S. The highest BCUT2D eigenvalue weighted by molar-refractivity contribution is 7.87. The van der Waals surface area contributed by atoms with Gasteiger partial charge >= 0.3 is 10.1 Å². The van der Waals surface area contributed by atoms with Crippen molar-refractivity contribution in [2.45, 2.75) is 11.8 Å². The standard InChI is InChI=1S/C22H15ClN2O5S/c1-15-2-9-21(10-3-15)31(28,29)30-22-11-6-19(23)13-17(22)12-18(14-24)16-4-7-20(8-5-16)25(26)27/h2-13H,1H3/b18-12+. The Balaban J connectivity index is 2.01. The zero-order valence-electron chi connectivity index (χ0n) is 16.2. The number of hydrogen-bond donors (Lipinski definition) is 0. The van der Waals surface area contributed by atoms with Crippen molar-refractivity contribution >= 4 is 39.1 Å². The van der Waals surface area contributed by atoms with Crippen LogP contribution < -0.4 is 4.18 Å². The Morgan fingerprint density at radius 1 is 1.10 bits per heavy atom. The van der Waals surface area contributed by atoms with Crippen LogP contribution in [0.15, 0.2) is 71.6 Å². The fraction of sp³-hybridized carbons (Fsp3) is 0.0455. The van der Waals surface area contributed by atoms with E-state index in [1.54, 1.807) is 12.1 Å². The second kappa shape index (κ2) is 9.00. The average molecular weight is 455 g/mol. The lowest BCUT2D eigenvalue weighted by molar-refractivity contribution is -0.384. The van der Waals surface area contributed by atoms with Crippen LogP contribution in [0.25, 0.3) is 11.6 Å². The van der Waals surface area contributed by atoms with Gasteiger partial charge in [0.25, 0.3) is 5.69 Å². The molecule has 156 valence electrons. The highest BCUT2D eigenvalue weighted by Crippen LogP contribution is 2.30. The van der Waals surface area contributed by atoms with E-state index in [2.05, 4.69) is 0 Å². The van der Waals surface area contributed by atoms with Gasteiger partial charge in [-0.25, -0.2) is 0 Å². The van der Waals surface area contributed by atoms with E-state index >= 15 is 0 Å². The van der Waals surface area contributed by atoms with Gasteiger partial charge in [-0.05, 0) is 61.0 Å². The predicted molar refractivity (Wildman–Crippen MR) is 117 cm³/mol. The van der Waals surface area contributed by atoms with Crippen molar-refractivity contribution in [3.63, 3.8) is 0 Å². The molecule has 0 unspecified atom stereocenters. The van der Waals surface area contributed by atoms with Crippen LogP contribution in [0.3, 0.4) is 0 Å². The van der Waals surface area contributed by atoms with Gasteiger partial charge in [0.2, 0.25) is 0 Å². The van der Waals surface area contributed by atoms with Crippen LogP contribution in [0.1, 0.15) is 16.7 Å². The summed E-state index contributed by atoms with van der Waals surface area (Å²) in [6, 6.07) is 17.9. The van der Waals surface area contributed by atoms with Gasteiger partial charge < -0.3 is 4.18 Å². The van der Waals surface area contributed by atoms with E-state index in [-0.39, 0.29) is 27.5 Å². The monoisotopic (exact) mass is 454 g/mol. The van der Waals surface area contributed by atoms with Crippen molar-refractivity contribution in [2.75, 3.05) is 0 Å². The van der Waals surface area contributed by atoms with Crippen LogP contribution in [0, 0.1) is 28.4 Å². The second-order valence-corrected chi connectivity index (χ2v) is 8.49. The Bertz CT molecular complexity index is 1310. The number of aryl methyl sites for hydroxylation is 1. The van der Waals surface area contributed by atoms with E-state index in [0.717, 1.165) is 5.56 Å². The summed E-state index contributed by atoms with van der Waals surface area (Å²) in [5, 5.41) is 20.7. The van der Waals surface area contributed by atoms with Gasteiger partial charge in [0.15, 0.2) is 0 Å². The molecule has 0 atom stereocenters. The molecule has 0 radical (unpaired) electrons. The van der Waals surface area contributed by atoms with Gasteiger partial charge in [-0.1, -0.05) is 29.3 Å². The van der Waals surface area contributed by atoms with E-state index in [1.165, 1.54) is 60.7 Å². The van der Waals surface area contributed by atoms with E-state index in [9.17, 15) is 23.8 Å². The van der Waals surface area contributed by atoms with Gasteiger partial charge in [0, 0.05) is 22.7 Å². The Labute approximate surface area is 184 Å². The van der Waals surface area contributed by atoms with Crippen LogP contribution in [-0.2, 0) is 10.1 Å². The van der Waals surface area contributed by atoms with Crippen molar-refractivity contribution in [3.05, 3.63) is 98.6 Å². The highest BCUT2D eigenvalue weighted by atomic mass is 35.5. The molecule has 0 N–H and O–H groups in total. The summed E-state index contributed by atoms with van der Waals surface area (Å²) in [7, 11) is -4.12. The largest absolute Gasteiger partial charge is 0.378 e. The van der Waals surface area contributed by atoms with Crippen LogP contribution in [0.5, 0.6) is 5.75 Å². The van der Waals surface area contributed by atoms with Gasteiger partial charge in [-0.3, -0.25) is 10.1 Å². The first-order valence-corrected chi connectivity index (χ1v) is 10.7. The van der Waals surface area contributed by atoms with Crippen LogP contribution >= 0.6 is 11.6 Å². The molecule has 0 aromatic heterocycles. The molecule has 0 aliphatic carbocycles. The van der Waals surface area contributed by atoms with Gasteiger partial charge in [-0.2, -0.15) is 13.7 Å². The molecule has 0 aliphatic heterocycles. The smallest absolute Gasteiger partial charge is 0.339 e. The fourth-order valence-electron chi connectivity index (χ4n) is 2.68. The Morgan fingerprint density at radius 2 is 1.74 bits per heavy atom. The number of nitro groups is 1. The second-order valence-electron chi connectivity index (χ2n) is 6.51. The molecule has 0 bridgehead atoms. The quantitative estimate of drug-likeness (QED) is 0.162. The summed E-state index contributed by atoms with van der Waals surface area (Å²) in [5.74, 6) is -0.0142. The molecule has 0 aliphatic rings. The lowest BCUT2D eigenvalue weighted by Gasteiger charge is -2.11. The molecule has 9 heteroatoms. The Morgan fingerprint density at radius 3 is 2.32 bits per heavy atom. The van der Waals surface area contributed by atoms with Gasteiger partial charge in [-0.15, -0.1) is 0 Å². The van der Waals surface area contributed by atoms with Gasteiger partial charge in [0.05, 0.1) is 16.6 Å². The molecule has 0 saturated heterocycles. The lowest BCUT2D eigenvalue weighted by atomic mass is 10.0. The summed E-state index contributed by atoms with van der Waals surface area (Å²) >= 11 is 6.06. The third-order valence-electron chi connectivity index (χ3n) is 4.29. The van der Waals surface area contributed by atoms with Crippen LogP contribution in [0.2, 0.25) is 5.02 Å². The molecule has 31 heavy (non-hydrogen) atoms. The zero-order valence-corrected chi connectivity index (χ0v) is 17.7. The molecule has 0 fully saturated rings. The predicted octanol–water partition coefficient (Wildman–Crippen LogP) is 5.39. The minimum absolute atomic E-state index is 0.0142. The number of halogens is 1. The molecule has 7 nitrogen and oxygen atoms in total. The summed E-state index contributed by atoms with van der Waals surface area (Å²) in [6.07, 6.45) is 1.41. The zero-order chi connectivity index (χ0) is 22.6. The van der Waals surface area contributed by atoms with E-state index in [0.29, 0.717) is 10.6 Å². The minimum Gasteiger partial charge on any atom is -0.378 e. The number of nitrogens with zero attached hydrogens (tertiary/aromatic N) is 2. The Hall–Kier alpha value is -3.67. The summed E-state index contributed by atoms with van der Waals surface area (Å²) in [6.45, 7) is 1.83. The molecule has 3 rings (SSSR count). The van der Waals surface area contributed by atoms with Crippen molar-refractivity contribution in [2.24, 2.45) is 0 Å². The number of nitriles is 1. The van der Waals surface area contributed by atoms with Crippen molar-refractivity contribution in [1.29, 1.82) is 5.26 Å². The lowest BCUT2D eigenvalue weighted by Crippen LogP contribution is -2.10. The number of benzene rings is 3. The molecule has 0 amide bonds. The SMILES string of the molecule is Cc1ccc(S(=O)(=O)Oc2ccc(Cl)cc2/C=C(\C#N)c2ccc([N+](=O)[O-])cc2)cc1.